The van der Waals surface area contributed by atoms with E-state index in [2.05, 4.69) is 24.8 Å². The van der Waals surface area contributed by atoms with Crippen LogP contribution in [0.25, 0.3) is 11.3 Å². The number of piperazine rings is 1. The number of hydrogen-bond donors (Lipinski definition) is 0. The first-order valence-corrected chi connectivity index (χ1v) is 11.3. The van der Waals surface area contributed by atoms with E-state index in [1.807, 2.05) is 6.92 Å². The van der Waals surface area contributed by atoms with Gasteiger partial charge in [0.25, 0.3) is 0 Å². The van der Waals surface area contributed by atoms with Crippen molar-refractivity contribution < 1.29 is 13.9 Å². The van der Waals surface area contributed by atoms with Crippen LogP contribution in [0.5, 0.6) is 0 Å². The lowest BCUT2D eigenvalue weighted by molar-refractivity contribution is 0.0621. The molecule has 2 aromatic heterocycles. The zero-order chi connectivity index (χ0) is 22.5. The largest absolute Gasteiger partial charge is 0.450 e. The average molecular weight is 443 g/mol. The van der Waals surface area contributed by atoms with Crippen LogP contribution >= 0.6 is 0 Å². The van der Waals surface area contributed by atoms with E-state index >= 15 is 0 Å². The number of hydrogen-bond acceptors (Lipinski definition) is 7. The topological polar surface area (TPSA) is 74.7 Å². The highest BCUT2D eigenvalue weighted by molar-refractivity contribution is 5.72. The molecular weight excluding hydrogens is 411 g/mol. The number of carbonyl (C=O) groups excluding carboxylic acids is 1. The molecule has 0 aromatic carbocycles. The molecule has 9 heteroatoms. The summed E-state index contributed by atoms with van der Waals surface area (Å²) in [5.74, 6) is 0.811. The van der Waals surface area contributed by atoms with Crippen molar-refractivity contribution in [2.24, 2.45) is 5.92 Å². The number of amides is 1. The Morgan fingerprint density at radius 1 is 1.22 bits per heavy atom. The van der Waals surface area contributed by atoms with E-state index in [9.17, 15) is 9.18 Å². The fourth-order valence-electron chi connectivity index (χ4n) is 4.54. The summed E-state index contributed by atoms with van der Waals surface area (Å²) >= 11 is 0. The van der Waals surface area contributed by atoms with Gasteiger partial charge < -0.3 is 14.5 Å². The number of anilines is 1. The van der Waals surface area contributed by atoms with Crippen LogP contribution in [0.1, 0.15) is 26.2 Å². The molecule has 8 nitrogen and oxygen atoms in total. The smallest absolute Gasteiger partial charge is 0.409 e. The molecule has 1 aliphatic carbocycles. The van der Waals surface area contributed by atoms with Crippen LogP contribution in [0, 0.1) is 11.9 Å². The SMILES string of the molecule is CCOC(=O)N(C)CCC1CC(N2CCN(c3nc(F)ccc3-c3cnccn3)CC2)C1. The average Bonchev–Trinajstić information content (AvgIpc) is 2.79. The maximum Gasteiger partial charge on any atom is 0.409 e. The Morgan fingerprint density at radius 2 is 2.00 bits per heavy atom. The Kier molecular flexibility index (Phi) is 7.14. The zero-order valence-corrected chi connectivity index (χ0v) is 18.8. The molecule has 0 unspecified atom stereocenters. The molecule has 0 bridgehead atoms. The highest BCUT2D eigenvalue weighted by atomic mass is 19.1. The van der Waals surface area contributed by atoms with Crippen LogP contribution in [0.4, 0.5) is 15.0 Å². The Morgan fingerprint density at radius 3 is 2.69 bits per heavy atom. The van der Waals surface area contributed by atoms with Crippen LogP contribution in [0.3, 0.4) is 0 Å². The van der Waals surface area contributed by atoms with Crippen LogP contribution in [0.2, 0.25) is 0 Å². The molecule has 2 fully saturated rings. The third-order valence-corrected chi connectivity index (χ3v) is 6.47. The van der Waals surface area contributed by atoms with Crippen molar-refractivity contribution in [1.29, 1.82) is 0 Å². The lowest BCUT2D eigenvalue weighted by Gasteiger charge is -2.47. The molecule has 1 saturated carbocycles. The second kappa shape index (κ2) is 10.2. The van der Waals surface area contributed by atoms with Gasteiger partial charge >= 0.3 is 6.09 Å². The second-order valence-electron chi connectivity index (χ2n) is 8.52. The maximum absolute atomic E-state index is 13.9. The molecule has 0 atom stereocenters. The summed E-state index contributed by atoms with van der Waals surface area (Å²) in [4.78, 5) is 30.7. The molecule has 0 N–H and O–H groups in total. The van der Waals surface area contributed by atoms with Crippen molar-refractivity contribution in [3.8, 4) is 11.3 Å². The van der Waals surface area contributed by atoms with E-state index in [4.69, 9.17) is 4.74 Å². The van der Waals surface area contributed by atoms with Gasteiger partial charge in [-0.1, -0.05) is 0 Å². The van der Waals surface area contributed by atoms with E-state index in [-0.39, 0.29) is 6.09 Å². The van der Waals surface area contributed by atoms with Crippen molar-refractivity contribution >= 4 is 11.9 Å². The monoisotopic (exact) mass is 442 g/mol. The first kappa shape index (κ1) is 22.4. The Hall–Kier alpha value is -2.81. The highest BCUT2D eigenvalue weighted by Gasteiger charge is 2.35. The summed E-state index contributed by atoms with van der Waals surface area (Å²) in [6.07, 6.45) is 8.05. The van der Waals surface area contributed by atoms with Crippen molar-refractivity contribution in [3.05, 3.63) is 36.7 Å². The Bertz CT molecular complexity index is 901. The van der Waals surface area contributed by atoms with Gasteiger partial charge in [-0.2, -0.15) is 4.39 Å². The first-order chi connectivity index (χ1) is 15.5. The third-order valence-electron chi connectivity index (χ3n) is 6.47. The molecule has 4 rings (SSSR count). The van der Waals surface area contributed by atoms with Gasteiger partial charge in [0.1, 0.15) is 5.82 Å². The Labute approximate surface area is 188 Å². The minimum absolute atomic E-state index is 0.244. The first-order valence-electron chi connectivity index (χ1n) is 11.3. The molecule has 2 aromatic rings. The van der Waals surface area contributed by atoms with Crippen molar-refractivity contribution in [1.82, 2.24) is 24.8 Å². The summed E-state index contributed by atoms with van der Waals surface area (Å²) < 4.78 is 19.0. The lowest BCUT2D eigenvalue weighted by Crippen LogP contribution is -2.54. The molecule has 1 saturated heterocycles. The third kappa shape index (κ3) is 5.15. The van der Waals surface area contributed by atoms with Gasteiger partial charge in [-0.15, -0.1) is 0 Å². The standard InChI is InChI=1S/C23H31FN6O2/c1-3-32-23(31)28(2)9-6-17-14-18(15-17)29-10-12-30(13-11-29)22-19(4-5-21(24)27-22)20-16-25-7-8-26-20/h4-5,7-8,16-18H,3,6,9-15H2,1-2H3. The van der Waals surface area contributed by atoms with Gasteiger partial charge in [0.15, 0.2) is 0 Å². The zero-order valence-electron chi connectivity index (χ0n) is 18.8. The van der Waals surface area contributed by atoms with Gasteiger partial charge in [0.05, 0.1) is 18.5 Å². The molecule has 1 aliphatic heterocycles. The molecule has 1 amide bonds. The minimum atomic E-state index is -0.482. The maximum atomic E-state index is 13.9. The quantitative estimate of drug-likeness (QED) is 0.610. The number of carbonyl (C=O) groups is 1. The predicted molar refractivity (Wildman–Crippen MR) is 120 cm³/mol. The number of pyridine rings is 1. The lowest BCUT2D eigenvalue weighted by atomic mass is 9.77. The van der Waals surface area contributed by atoms with E-state index in [1.165, 1.54) is 18.9 Å². The predicted octanol–water partition coefficient (Wildman–Crippen LogP) is 3.06. The molecule has 0 spiro atoms. The number of ether oxygens (including phenoxy) is 1. The molecule has 2 aliphatic rings. The molecule has 3 heterocycles. The Balaban J connectivity index is 1.27. The van der Waals surface area contributed by atoms with Gasteiger partial charge in [0, 0.05) is 63.8 Å². The van der Waals surface area contributed by atoms with E-state index in [1.54, 1.807) is 36.6 Å². The van der Waals surface area contributed by atoms with E-state index in [0.29, 0.717) is 30.1 Å². The van der Waals surface area contributed by atoms with Crippen molar-refractivity contribution in [3.63, 3.8) is 0 Å². The van der Waals surface area contributed by atoms with Gasteiger partial charge in [0.2, 0.25) is 5.95 Å². The van der Waals surface area contributed by atoms with E-state index < -0.39 is 5.95 Å². The molecule has 32 heavy (non-hydrogen) atoms. The van der Waals surface area contributed by atoms with E-state index in [0.717, 1.165) is 44.7 Å². The fourth-order valence-corrected chi connectivity index (χ4v) is 4.54. The van der Waals surface area contributed by atoms with Gasteiger partial charge in [-0.25, -0.2) is 9.78 Å². The van der Waals surface area contributed by atoms with Crippen LogP contribution in [0.15, 0.2) is 30.7 Å². The number of halogens is 1. The van der Waals surface area contributed by atoms with Crippen LogP contribution in [-0.2, 0) is 4.74 Å². The number of nitrogens with zero attached hydrogens (tertiary/aromatic N) is 6. The van der Waals surface area contributed by atoms with Gasteiger partial charge in [-0.3, -0.25) is 14.9 Å². The summed E-state index contributed by atoms with van der Waals surface area (Å²) in [5.41, 5.74) is 1.51. The van der Waals surface area contributed by atoms with Crippen LogP contribution < -0.4 is 4.90 Å². The number of rotatable bonds is 7. The molecular formula is C23H31FN6O2. The normalized spacial score (nSPS) is 21.2. The summed E-state index contributed by atoms with van der Waals surface area (Å²) in [7, 11) is 1.79. The summed E-state index contributed by atoms with van der Waals surface area (Å²) in [5, 5.41) is 0. The highest BCUT2D eigenvalue weighted by Crippen LogP contribution is 2.35. The molecule has 0 radical (unpaired) electrons. The summed E-state index contributed by atoms with van der Waals surface area (Å²) in [6, 6.07) is 3.70. The van der Waals surface area contributed by atoms with Gasteiger partial charge in [-0.05, 0) is 44.2 Å². The summed E-state index contributed by atoms with van der Waals surface area (Å²) in [6.45, 7) is 6.43. The van der Waals surface area contributed by atoms with Crippen LogP contribution in [-0.4, -0.2) is 83.3 Å². The second-order valence-corrected chi connectivity index (χ2v) is 8.52. The number of aromatic nitrogens is 3. The minimum Gasteiger partial charge on any atom is -0.450 e. The van der Waals surface area contributed by atoms with Crippen molar-refractivity contribution in [2.75, 3.05) is 51.3 Å². The fraction of sp³-hybridized carbons (Fsp3) is 0.565. The van der Waals surface area contributed by atoms with Crippen molar-refractivity contribution in [2.45, 2.75) is 32.2 Å². The molecule has 172 valence electrons.